The van der Waals surface area contributed by atoms with Crippen molar-refractivity contribution in [1.82, 2.24) is 29.1 Å². The lowest BCUT2D eigenvalue weighted by Gasteiger charge is -2.14. The van der Waals surface area contributed by atoms with Crippen LogP contribution in [-0.2, 0) is 11.3 Å². The Bertz CT molecular complexity index is 897. The molecule has 4 rings (SSSR count). The minimum Gasteiger partial charge on any atom is -0.394 e. The van der Waals surface area contributed by atoms with Crippen LogP contribution in [0.2, 0.25) is 0 Å². The summed E-state index contributed by atoms with van der Waals surface area (Å²) in [5, 5.41) is 22.4. The number of hydrogen-bond acceptors (Lipinski definition) is 9. The zero-order valence-corrected chi connectivity index (χ0v) is 14.6. The van der Waals surface area contributed by atoms with Crippen LogP contribution in [-0.4, -0.2) is 64.6 Å². The number of aliphatic hydroxyl groups is 2. The molecule has 3 aromatic heterocycles. The normalized spacial score (nSPS) is 22.5. The summed E-state index contributed by atoms with van der Waals surface area (Å²) in [4.78, 5) is 17.0. The third-order valence-electron chi connectivity index (χ3n) is 4.58. The third-order valence-corrected chi connectivity index (χ3v) is 4.58. The van der Waals surface area contributed by atoms with Crippen LogP contribution in [0.3, 0.4) is 0 Å². The first-order chi connectivity index (χ1) is 13.2. The van der Waals surface area contributed by atoms with E-state index in [2.05, 4.69) is 25.3 Å². The van der Waals surface area contributed by atoms with E-state index in [0.717, 1.165) is 13.0 Å². The molecule has 0 aliphatic carbocycles. The predicted octanol–water partition coefficient (Wildman–Crippen LogP) is -0.252. The Hall–Kier alpha value is -2.76. The molecule has 1 aliphatic heterocycles. The van der Waals surface area contributed by atoms with Gasteiger partial charge in [-0.15, -0.1) is 0 Å². The zero-order chi connectivity index (χ0) is 18.8. The molecule has 0 aromatic carbocycles. The molecular weight excluding hydrogens is 352 g/mol. The maximum atomic E-state index is 9.97. The van der Waals surface area contributed by atoms with Gasteiger partial charge in [-0.05, 0) is 6.42 Å². The van der Waals surface area contributed by atoms with E-state index < -0.39 is 18.4 Å². The van der Waals surface area contributed by atoms with E-state index in [4.69, 9.17) is 10.5 Å². The highest BCUT2D eigenvalue weighted by atomic mass is 16.5. The Labute approximate surface area is 154 Å². The summed E-state index contributed by atoms with van der Waals surface area (Å²) >= 11 is 0. The summed E-state index contributed by atoms with van der Waals surface area (Å²) < 4.78 is 9.39. The lowest BCUT2D eigenvalue weighted by atomic mass is 10.2. The van der Waals surface area contributed by atoms with Gasteiger partial charge in [0.05, 0.1) is 25.4 Å². The molecule has 144 valence electrons. The second-order valence-electron chi connectivity index (χ2n) is 6.45. The van der Waals surface area contributed by atoms with Crippen molar-refractivity contribution in [1.29, 1.82) is 0 Å². The van der Waals surface area contributed by atoms with Gasteiger partial charge < -0.3 is 30.6 Å². The lowest BCUT2D eigenvalue weighted by Crippen LogP contribution is -2.24. The number of nitrogens with zero attached hydrogens (tertiary/aromatic N) is 6. The topological polar surface area (TPSA) is 149 Å². The van der Waals surface area contributed by atoms with Crippen molar-refractivity contribution in [3.8, 4) is 0 Å². The fraction of sp³-hybridized carbons (Fsp3) is 0.500. The third kappa shape index (κ3) is 3.56. The van der Waals surface area contributed by atoms with E-state index in [1.807, 2.05) is 10.8 Å². The first kappa shape index (κ1) is 17.6. The molecule has 5 N–H and O–H groups in total. The van der Waals surface area contributed by atoms with Gasteiger partial charge in [-0.1, -0.05) is 0 Å². The van der Waals surface area contributed by atoms with Crippen molar-refractivity contribution in [2.75, 3.05) is 24.2 Å². The Morgan fingerprint density at radius 1 is 1.33 bits per heavy atom. The zero-order valence-electron chi connectivity index (χ0n) is 14.6. The molecule has 1 saturated heterocycles. The van der Waals surface area contributed by atoms with Gasteiger partial charge in [0.1, 0.15) is 17.8 Å². The minimum absolute atomic E-state index is 0.245. The van der Waals surface area contributed by atoms with Gasteiger partial charge in [0.2, 0.25) is 5.95 Å². The Morgan fingerprint density at radius 3 is 2.96 bits per heavy atom. The van der Waals surface area contributed by atoms with Crippen molar-refractivity contribution in [3.63, 3.8) is 0 Å². The number of imidazole rings is 2. The van der Waals surface area contributed by atoms with Gasteiger partial charge >= 0.3 is 0 Å². The quantitative estimate of drug-likeness (QED) is 0.410. The summed E-state index contributed by atoms with van der Waals surface area (Å²) in [5.41, 5.74) is 7.02. The number of ether oxygens (including phenoxy) is 1. The van der Waals surface area contributed by atoms with E-state index in [0.29, 0.717) is 30.1 Å². The fourth-order valence-corrected chi connectivity index (χ4v) is 3.16. The van der Waals surface area contributed by atoms with E-state index in [-0.39, 0.29) is 12.4 Å². The second kappa shape index (κ2) is 7.47. The van der Waals surface area contributed by atoms with Crippen LogP contribution in [0.15, 0.2) is 25.0 Å². The van der Waals surface area contributed by atoms with Crippen molar-refractivity contribution < 1.29 is 14.9 Å². The van der Waals surface area contributed by atoms with Crippen LogP contribution >= 0.6 is 0 Å². The van der Waals surface area contributed by atoms with E-state index >= 15 is 0 Å². The number of anilines is 2. The van der Waals surface area contributed by atoms with Crippen molar-refractivity contribution in [3.05, 3.63) is 25.0 Å². The average molecular weight is 374 g/mol. The van der Waals surface area contributed by atoms with E-state index in [9.17, 15) is 10.2 Å². The molecule has 0 bridgehead atoms. The number of rotatable bonds is 7. The highest BCUT2D eigenvalue weighted by Crippen LogP contribution is 2.31. The summed E-state index contributed by atoms with van der Waals surface area (Å²) in [6, 6.07) is 0. The first-order valence-corrected chi connectivity index (χ1v) is 8.79. The SMILES string of the molecule is Nc1nc(NCCCn2ccnc2)nc2c1ncn2[C@H]1C[C@H](O)[C@@H](CO)O1. The summed E-state index contributed by atoms with van der Waals surface area (Å²) in [7, 11) is 0. The number of aryl methyl sites for hydroxylation is 1. The summed E-state index contributed by atoms with van der Waals surface area (Å²) in [6.45, 7) is 1.26. The molecule has 1 aliphatic rings. The van der Waals surface area contributed by atoms with Crippen LogP contribution < -0.4 is 11.1 Å². The smallest absolute Gasteiger partial charge is 0.226 e. The first-order valence-electron chi connectivity index (χ1n) is 8.79. The van der Waals surface area contributed by atoms with Gasteiger partial charge in [-0.2, -0.15) is 9.97 Å². The summed E-state index contributed by atoms with van der Waals surface area (Å²) in [6.07, 6.45) is 6.38. The molecule has 4 heterocycles. The van der Waals surface area contributed by atoms with E-state index in [1.54, 1.807) is 23.4 Å². The van der Waals surface area contributed by atoms with Crippen LogP contribution in [0.25, 0.3) is 11.2 Å². The maximum Gasteiger partial charge on any atom is 0.226 e. The molecule has 11 heteroatoms. The molecule has 1 fully saturated rings. The number of hydrogen-bond donors (Lipinski definition) is 4. The minimum atomic E-state index is -0.739. The van der Waals surface area contributed by atoms with Crippen LogP contribution in [0.4, 0.5) is 11.8 Å². The van der Waals surface area contributed by atoms with Crippen molar-refractivity contribution in [2.45, 2.75) is 37.8 Å². The number of nitrogens with one attached hydrogen (secondary N) is 1. The molecule has 3 aromatic rings. The second-order valence-corrected chi connectivity index (χ2v) is 6.45. The number of fused-ring (bicyclic) bond motifs is 1. The lowest BCUT2D eigenvalue weighted by molar-refractivity contribution is -0.0432. The molecule has 0 saturated carbocycles. The van der Waals surface area contributed by atoms with Gasteiger partial charge in [-0.3, -0.25) is 4.57 Å². The molecule has 27 heavy (non-hydrogen) atoms. The molecule has 0 unspecified atom stereocenters. The van der Waals surface area contributed by atoms with Crippen molar-refractivity contribution in [2.24, 2.45) is 0 Å². The molecule has 0 spiro atoms. The highest BCUT2D eigenvalue weighted by Gasteiger charge is 2.35. The van der Waals surface area contributed by atoms with Gasteiger partial charge in [0.25, 0.3) is 0 Å². The largest absolute Gasteiger partial charge is 0.394 e. The fourth-order valence-electron chi connectivity index (χ4n) is 3.16. The maximum absolute atomic E-state index is 9.97. The van der Waals surface area contributed by atoms with Gasteiger partial charge in [0, 0.05) is 31.9 Å². The van der Waals surface area contributed by atoms with Crippen LogP contribution in [0.5, 0.6) is 0 Å². The molecule has 0 amide bonds. The van der Waals surface area contributed by atoms with E-state index in [1.165, 1.54) is 0 Å². The van der Waals surface area contributed by atoms with Gasteiger partial charge in [0.15, 0.2) is 11.5 Å². The van der Waals surface area contributed by atoms with Crippen LogP contribution in [0, 0.1) is 0 Å². The molecule has 3 atom stereocenters. The van der Waals surface area contributed by atoms with Crippen molar-refractivity contribution >= 4 is 22.9 Å². The summed E-state index contributed by atoms with van der Waals surface area (Å²) in [5.74, 6) is 0.678. The number of aromatic nitrogens is 6. The number of nitrogens with two attached hydrogens (primary N) is 1. The Balaban J connectivity index is 1.48. The van der Waals surface area contributed by atoms with Crippen LogP contribution in [0.1, 0.15) is 19.1 Å². The standard InChI is InChI=1S/C16H22N8O3/c17-14-13-15(24(9-20-13)12-6-10(26)11(7-25)27-12)22-16(21-14)19-2-1-4-23-5-3-18-8-23/h3,5,8-12,25-26H,1-2,4,6-7H2,(H3,17,19,21,22)/t10-,11+,12+/m0/s1. The Kier molecular flexibility index (Phi) is 4.88. The molecular formula is C16H22N8O3. The molecule has 11 nitrogen and oxygen atoms in total. The number of nitrogen functional groups attached to an aromatic ring is 1. The van der Waals surface area contributed by atoms with Gasteiger partial charge in [-0.25, -0.2) is 9.97 Å². The molecule has 0 radical (unpaired) electrons. The highest BCUT2D eigenvalue weighted by molar-refractivity contribution is 5.82. The Morgan fingerprint density at radius 2 is 2.22 bits per heavy atom. The number of aliphatic hydroxyl groups excluding tert-OH is 2. The predicted molar refractivity (Wildman–Crippen MR) is 96.7 cm³/mol. The average Bonchev–Trinajstić information content (AvgIpc) is 3.38. The monoisotopic (exact) mass is 374 g/mol.